The van der Waals surface area contributed by atoms with Gasteiger partial charge >= 0.3 is 0 Å². The van der Waals surface area contributed by atoms with Crippen molar-refractivity contribution in [2.45, 2.75) is 38.6 Å². The van der Waals surface area contributed by atoms with Crippen LogP contribution in [0.15, 0.2) is 54.6 Å². The van der Waals surface area contributed by atoms with Gasteiger partial charge in [-0.1, -0.05) is 30.3 Å². The van der Waals surface area contributed by atoms with Crippen LogP contribution >= 0.6 is 12.4 Å². The van der Waals surface area contributed by atoms with Gasteiger partial charge in [-0.25, -0.2) is 0 Å². The molecule has 3 N–H and O–H groups in total. The van der Waals surface area contributed by atoms with E-state index >= 15 is 0 Å². The number of amides is 2. The average molecular weight is 416 g/mol. The van der Waals surface area contributed by atoms with E-state index in [4.69, 9.17) is 0 Å². The van der Waals surface area contributed by atoms with Crippen molar-refractivity contribution >= 4 is 29.9 Å². The predicted molar refractivity (Wildman–Crippen MR) is 119 cm³/mol. The summed E-state index contributed by atoms with van der Waals surface area (Å²) < 4.78 is 0. The molecule has 0 aliphatic carbocycles. The second kappa shape index (κ2) is 11.6. The van der Waals surface area contributed by atoms with Crippen molar-refractivity contribution in [1.29, 1.82) is 0 Å². The molecule has 1 fully saturated rings. The lowest BCUT2D eigenvalue weighted by atomic mass is 9.93. The van der Waals surface area contributed by atoms with Crippen LogP contribution in [0.2, 0.25) is 0 Å². The molecule has 6 heteroatoms. The van der Waals surface area contributed by atoms with Crippen LogP contribution in [0.1, 0.15) is 54.6 Å². The summed E-state index contributed by atoms with van der Waals surface area (Å²) in [7, 11) is 0. The summed E-state index contributed by atoms with van der Waals surface area (Å²) >= 11 is 0. The maximum atomic E-state index is 12.3. The molecular formula is C23H30ClN3O2. The number of hydrogen-bond acceptors (Lipinski definition) is 3. The molecule has 0 radical (unpaired) electrons. The molecule has 3 rings (SSSR count). The topological polar surface area (TPSA) is 70.2 Å². The standard InChI is InChI=1S/C23H29N3O2.ClH/c1-17(25-22(27)11-10-18-12-14-24-15-13-18)20-8-5-9-21(16-20)26-23(28)19-6-3-2-4-7-19;/h2-9,16-18,24H,10-15H2,1H3,(H,25,27)(H,26,28);1H. The van der Waals surface area contributed by atoms with Gasteiger partial charge in [0.15, 0.2) is 0 Å². The molecule has 1 unspecified atom stereocenters. The zero-order valence-electron chi connectivity index (χ0n) is 16.8. The molecule has 2 amide bonds. The number of piperidine rings is 1. The molecule has 1 heterocycles. The number of rotatable bonds is 7. The number of anilines is 1. The lowest BCUT2D eigenvalue weighted by Crippen LogP contribution is -2.30. The Kier molecular flexibility index (Phi) is 9.16. The van der Waals surface area contributed by atoms with Crippen LogP contribution in [-0.4, -0.2) is 24.9 Å². The van der Waals surface area contributed by atoms with E-state index in [2.05, 4.69) is 16.0 Å². The molecule has 1 atom stereocenters. The number of carbonyl (C=O) groups excluding carboxylic acids is 2. The molecule has 1 aliphatic heterocycles. The van der Waals surface area contributed by atoms with Crippen molar-refractivity contribution in [3.63, 3.8) is 0 Å². The SMILES string of the molecule is CC(NC(=O)CCC1CCNCC1)c1cccc(NC(=O)c2ccccc2)c1.Cl. The highest BCUT2D eigenvalue weighted by molar-refractivity contribution is 6.04. The van der Waals surface area contributed by atoms with Gasteiger partial charge in [0.2, 0.25) is 5.91 Å². The minimum absolute atomic E-state index is 0. The van der Waals surface area contributed by atoms with E-state index < -0.39 is 0 Å². The highest BCUT2D eigenvalue weighted by atomic mass is 35.5. The van der Waals surface area contributed by atoms with Crippen molar-refractivity contribution in [3.8, 4) is 0 Å². The minimum Gasteiger partial charge on any atom is -0.350 e. The summed E-state index contributed by atoms with van der Waals surface area (Å²) in [6.45, 7) is 4.09. The van der Waals surface area contributed by atoms with Crippen LogP contribution < -0.4 is 16.0 Å². The molecule has 5 nitrogen and oxygen atoms in total. The molecule has 0 saturated carbocycles. The summed E-state index contributed by atoms with van der Waals surface area (Å²) in [5.41, 5.74) is 2.32. The largest absolute Gasteiger partial charge is 0.350 e. The second-order valence-corrected chi connectivity index (χ2v) is 7.47. The van der Waals surface area contributed by atoms with Gasteiger partial charge in [0.25, 0.3) is 5.91 Å². The van der Waals surface area contributed by atoms with Gasteiger partial charge in [0.05, 0.1) is 6.04 Å². The van der Waals surface area contributed by atoms with Crippen molar-refractivity contribution < 1.29 is 9.59 Å². The third-order valence-corrected chi connectivity index (χ3v) is 5.30. The van der Waals surface area contributed by atoms with Crippen LogP contribution in [0.5, 0.6) is 0 Å². The minimum atomic E-state index is -0.142. The van der Waals surface area contributed by atoms with Gasteiger partial charge in [0.1, 0.15) is 0 Å². The first-order valence-electron chi connectivity index (χ1n) is 10.1. The fraction of sp³-hybridized carbons (Fsp3) is 0.391. The predicted octanol–water partition coefficient (Wildman–Crippen LogP) is 4.32. The highest BCUT2D eigenvalue weighted by Gasteiger charge is 2.16. The van der Waals surface area contributed by atoms with Crippen molar-refractivity contribution in [3.05, 3.63) is 65.7 Å². The number of nitrogens with one attached hydrogen (secondary N) is 3. The third kappa shape index (κ3) is 7.18. The van der Waals surface area contributed by atoms with E-state index in [1.165, 1.54) is 0 Å². The maximum absolute atomic E-state index is 12.3. The molecular weight excluding hydrogens is 386 g/mol. The van der Waals surface area contributed by atoms with Gasteiger partial charge in [-0.15, -0.1) is 12.4 Å². The first kappa shape index (κ1) is 22.9. The van der Waals surface area contributed by atoms with Crippen LogP contribution in [0.4, 0.5) is 5.69 Å². The Morgan fingerprint density at radius 3 is 2.52 bits per heavy atom. The van der Waals surface area contributed by atoms with Crippen LogP contribution in [-0.2, 0) is 4.79 Å². The van der Waals surface area contributed by atoms with E-state index in [-0.39, 0.29) is 30.3 Å². The van der Waals surface area contributed by atoms with E-state index in [1.54, 1.807) is 12.1 Å². The van der Waals surface area contributed by atoms with Gasteiger partial charge in [0, 0.05) is 17.7 Å². The Morgan fingerprint density at radius 2 is 1.79 bits per heavy atom. The highest BCUT2D eigenvalue weighted by Crippen LogP contribution is 2.20. The first-order chi connectivity index (χ1) is 13.6. The number of hydrogen-bond donors (Lipinski definition) is 3. The molecule has 2 aromatic rings. The summed E-state index contributed by atoms with van der Waals surface area (Å²) in [5, 5.41) is 9.35. The van der Waals surface area contributed by atoms with Gasteiger partial charge < -0.3 is 16.0 Å². The summed E-state index contributed by atoms with van der Waals surface area (Å²) in [6.07, 6.45) is 3.84. The lowest BCUT2D eigenvalue weighted by molar-refractivity contribution is -0.122. The Labute approximate surface area is 179 Å². The lowest BCUT2D eigenvalue weighted by Gasteiger charge is -2.22. The quantitative estimate of drug-likeness (QED) is 0.630. The van der Waals surface area contributed by atoms with Gasteiger partial charge in [-0.3, -0.25) is 9.59 Å². The molecule has 0 bridgehead atoms. The maximum Gasteiger partial charge on any atom is 0.255 e. The number of carbonyl (C=O) groups is 2. The summed E-state index contributed by atoms with van der Waals surface area (Å²) in [5.74, 6) is 0.597. The van der Waals surface area contributed by atoms with Gasteiger partial charge in [-0.05, 0) is 75.0 Å². The van der Waals surface area contributed by atoms with E-state index in [0.717, 1.165) is 43.6 Å². The molecule has 2 aromatic carbocycles. The monoisotopic (exact) mass is 415 g/mol. The summed E-state index contributed by atoms with van der Waals surface area (Å²) in [4.78, 5) is 24.6. The first-order valence-corrected chi connectivity index (χ1v) is 10.1. The molecule has 29 heavy (non-hydrogen) atoms. The van der Waals surface area contributed by atoms with Crippen LogP contribution in [0.25, 0.3) is 0 Å². The zero-order chi connectivity index (χ0) is 19.8. The molecule has 1 aliphatic rings. The second-order valence-electron chi connectivity index (χ2n) is 7.47. The number of halogens is 1. The Balaban J connectivity index is 0.00000300. The van der Waals surface area contributed by atoms with E-state index in [0.29, 0.717) is 17.9 Å². The van der Waals surface area contributed by atoms with E-state index in [1.807, 2.05) is 49.4 Å². The number of benzene rings is 2. The molecule has 0 aromatic heterocycles. The van der Waals surface area contributed by atoms with Crippen LogP contribution in [0.3, 0.4) is 0 Å². The fourth-order valence-corrected chi connectivity index (χ4v) is 3.58. The smallest absolute Gasteiger partial charge is 0.255 e. The summed E-state index contributed by atoms with van der Waals surface area (Å²) in [6, 6.07) is 16.7. The Bertz CT molecular complexity index is 792. The fourth-order valence-electron chi connectivity index (χ4n) is 3.58. The van der Waals surface area contributed by atoms with Gasteiger partial charge in [-0.2, -0.15) is 0 Å². The zero-order valence-corrected chi connectivity index (χ0v) is 17.6. The van der Waals surface area contributed by atoms with Crippen molar-refractivity contribution in [2.24, 2.45) is 5.92 Å². The van der Waals surface area contributed by atoms with Crippen molar-refractivity contribution in [1.82, 2.24) is 10.6 Å². The Morgan fingerprint density at radius 1 is 1.07 bits per heavy atom. The molecule has 156 valence electrons. The van der Waals surface area contributed by atoms with Crippen LogP contribution in [0, 0.1) is 5.92 Å². The average Bonchev–Trinajstić information content (AvgIpc) is 2.74. The van der Waals surface area contributed by atoms with E-state index in [9.17, 15) is 9.59 Å². The molecule has 1 saturated heterocycles. The normalized spacial score (nSPS) is 15.1. The molecule has 0 spiro atoms. The Hall–Kier alpha value is -2.37. The van der Waals surface area contributed by atoms with Crippen molar-refractivity contribution in [2.75, 3.05) is 18.4 Å². The third-order valence-electron chi connectivity index (χ3n) is 5.30.